The molecule has 1 fully saturated rings. The minimum atomic E-state index is 0.00932. The van der Waals surface area contributed by atoms with Gasteiger partial charge < -0.3 is 9.88 Å². The molecule has 1 aromatic rings. The molecule has 0 bridgehead atoms. The van der Waals surface area contributed by atoms with Crippen molar-refractivity contribution in [3.05, 3.63) is 21.5 Å². The largest absolute Gasteiger partial charge is 0.356 e. The van der Waals surface area contributed by atoms with Crippen LogP contribution in [0, 0.1) is 20.8 Å². The standard InChI is InChI=1S/C12H14IN3O/c13-10-6-11(15-7-10)12(17)16(5-1-4-14)8-9-2-3-9/h6-7,9,15H,1-3,5,8H2. The Balaban J connectivity index is 2.02. The van der Waals surface area contributed by atoms with Crippen LogP contribution in [-0.4, -0.2) is 28.9 Å². The van der Waals surface area contributed by atoms with Gasteiger partial charge in [-0.25, -0.2) is 0 Å². The molecule has 0 atom stereocenters. The van der Waals surface area contributed by atoms with Crippen molar-refractivity contribution in [2.45, 2.75) is 19.3 Å². The molecule has 5 heteroatoms. The summed E-state index contributed by atoms with van der Waals surface area (Å²) in [5.74, 6) is 0.654. The van der Waals surface area contributed by atoms with Gasteiger partial charge in [-0.05, 0) is 47.4 Å². The lowest BCUT2D eigenvalue weighted by Crippen LogP contribution is -2.34. The van der Waals surface area contributed by atoms with E-state index in [2.05, 4.69) is 33.6 Å². The summed E-state index contributed by atoms with van der Waals surface area (Å²) < 4.78 is 1.03. The summed E-state index contributed by atoms with van der Waals surface area (Å²) in [5.41, 5.74) is 0.619. The molecule has 1 aliphatic carbocycles. The summed E-state index contributed by atoms with van der Waals surface area (Å²) in [6, 6.07) is 3.94. The van der Waals surface area contributed by atoms with Gasteiger partial charge in [0.1, 0.15) is 5.69 Å². The zero-order valence-electron chi connectivity index (χ0n) is 9.45. The number of hydrogen-bond acceptors (Lipinski definition) is 2. The molecular weight excluding hydrogens is 329 g/mol. The highest BCUT2D eigenvalue weighted by molar-refractivity contribution is 14.1. The van der Waals surface area contributed by atoms with Crippen molar-refractivity contribution in [2.75, 3.05) is 13.1 Å². The number of H-pyrrole nitrogens is 1. The van der Waals surface area contributed by atoms with Crippen molar-refractivity contribution >= 4 is 28.5 Å². The summed E-state index contributed by atoms with van der Waals surface area (Å²) in [5, 5.41) is 8.62. The van der Waals surface area contributed by atoms with E-state index < -0.39 is 0 Å². The van der Waals surface area contributed by atoms with Crippen molar-refractivity contribution in [1.82, 2.24) is 9.88 Å². The Labute approximate surface area is 114 Å². The van der Waals surface area contributed by atoms with Crippen molar-refractivity contribution < 1.29 is 4.79 Å². The van der Waals surface area contributed by atoms with E-state index in [1.807, 2.05) is 12.3 Å². The Morgan fingerprint density at radius 2 is 2.41 bits per heavy atom. The highest BCUT2D eigenvalue weighted by Crippen LogP contribution is 2.30. The Hall–Kier alpha value is -1.03. The molecule has 2 rings (SSSR count). The van der Waals surface area contributed by atoms with Crippen molar-refractivity contribution in [1.29, 1.82) is 5.26 Å². The summed E-state index contributed by atoms with van der Waals surface area (Å²) >= 11 is 2.17. The fourth-order valence-corrected chi connectivity index (χ4v) is 2.20. The predicted molar refractivity (Wildman–Crippen MR) is 72.4 cm³/mol. The Kier molecular flexibility index (Phi) is 4.05. The molecule has 1 amide bonds. The average molecular weight is 343 g/mol. The summed E-state index contributed by atoms with van der Waals surface area (Å²) in [4.78, 5) is 17.0. The maximum atomic E-state index is 12.2. The van der Waals surface area contributed by atoms with Gasteiger partial charge in [0.05, 0.1) is 12.5 Å². The topological polar surface area (TPSA) is 59.9 Å². The second-order valence-corrected chi connectivity index (χ2v) is 5.58. The van der Waals surface area contributed by atoms with Gasteiger partial charge in [0.2, 0.25) is 0 Å². The van der Waals surface area contributed by atoms with E-state index in [0.717, 1.165) is 10.1 Å². The molecule has 17 heavy (non-hydrogen) atoms. The average Bonchev–Trinajstić information content (AvgIpc) is 3.03. The number of carbonyl (C=O) groups is 1. The van der Waals surface area contributed by atoms with E-state index in [1.165, 1.54) is 12.8 Å². The lowest BCUT2D eigenvalue weighted by atomic mass is 10.3. The minimum absolute atomic E-state index is 0.00932. The normalized spacial score (nSPS) is 14.4. The fraction of sp³-hybridized carbons (Fsp3) is 0.500. The minimum Gasteiger partial charge on any atom is -0.356 e. The fourth-order valence-electron chi connectivity index (χ4n) is 1.73. The number of carbonyl (C=O) groups excluding carboxylic acids is 1. The summed E-state index contributed by atoms with van der Waals surface area (Å²) in [6.07, 6.45) is 4.63. The first kappa shape index (κ1) is 12.4. The zero-order valence-corrected chi connectivity index (χ0v) is 11.6. The Bertz CT molecular complexity index is 445. The van der Waals surface area contributed by atoms with Crippen molar-refractivity contribution in [3.63, 3.8) is 0 Å². The van der Waals surface area contributed by atoms with Gasteiger partial charge in [0.15, 0.2) is 0 Å². The Morgan fingerprint density at radius 1 is 1.65 bits per heavy atom. The molecule has 90 valence electrons. The highest BCUT2D eigenvalue weighted by atomic mass is 127. The molecule has 0 unspecified atom stereocenters. The summed E-state index contributed by atoms with van der Waals surface area (Å²) in [7, 11) is 0. The Morgan fingerprint density at radius 3 is 2.94 bits per heavy atom. The SMILES string of the molecule is N#CCCN(CC1CC1)C(=O)c1cc(I)c[nH]1. The van der Waals surface area contributed by atoms with Crippen LogP contribution in [0.3, 0.4) is 0 Å². The third-order valence-electron chi connectivity index (χ3n) is 2.83. The first-order valence-corrected chi connectivity index (χ1v) is 6.78. The smallest absolute Gasteiger partial charge is 0.270 e. The number of nitriles is 1. The number of nitrogens with one attached hydrogen (secondary N) is 1. The maximum absolute atomic E-state index is 12.2. The second kappa shape index (κ2) is 5.54. The number of aromatic nitrogens is 1. The van der Waals surface area contributed by atoms with Crippen LogP contribution >= 0.6 is 22.6 Å². The monoisotopic (exact) mass is 343 g/mol. The molecular formula is C12H14IN3O. The van der Waals surface area contributed by atoms with E-state index in [1.54, 1.807) is 4.90 Å². The van der Waals surface area contributed by atoms with Gasteiger partial charge in [0.25, 0.3) is 5.91 Å². The van der Waals surface area contributed by atoms with E-state index in [4.69, 9.17) is 5.26 Å². The van der Waals surface area contributed by atoms with Gasteiger partial charge in [-0.3, -0.25) is 4.79 Å². The van der Waals surface area contributed by atoms with Crippen LogP contribution in [0.1, 0.15) is 29.8 Å². The molecule has 1 saturated carbocycles. The van der Waals surface area contributed by atoms with Gasteiger partial charge in [0, 0.05) is 22.9 Å². The van der Waals surface area contributed by atoms with E-state index in [0.29, 0.717) is 24.6 Å². The van der Waals surface area contributed by atoms with Crippen LogP contribution in [-0.2, 0) is 0 Å². The third-order valence-corrected chi connectivity index (χ3v) is 3.46. The first-order valence-electron chi connectivity index (χ1n) is 5.71. The van der Waals surface area contributed by atoms with Gasteiger partial charge in [-0.2, -0.15) is 5.26 Å². The predicted octanol–water partition coefficient (Wildman–Crippen LogP) is 2.39. The second-order valence-electron chi connectivity index (χ2n) is 4.33. The van der Waals surface area contributed by atoms with Crippen LogP contribution in [0.15, 0.2) is 12.3 Å². The summed E-state index contributed by atoms with van der Waals surface area (Å²) in [6.45, 7) is 1.32. The molecule has 1 aliphatic rings. The molecule has 1 heterocycles. The molecule has 0 radical (unpaired) electrons. The first-order chi connectivity index (χ1) is 8.20. The van der Waals surface area contributed by atoms with Gasteiger partial charge >= 0.3 is 0 Å². The molecule has 0 saturated heterocycles. The number of nitrogens with zero attached hydrogens (tertiary/aromatic N) is 2. The lowest BCUT2D eigenvalue weighted by Gasteiger charge is -2.20. The molecule has 1 N–H and O–H groups in total. The van der Waals surface area contributed by atoms with E-state index in [9.17, 15) is 4.79 Å². The van der Waals surface area contributed by atoms with Crippen LogP contribution in [0.2, 0.25) is 0 Å². The molecule has 0 spiro atoms. The van der Waals surface area contributed by atoms with Crippen LogP contribution in [0.25, 0.3) is 0 Å². The van der Waals surface area contributed by atoms with Crippen LogP contribution in [0.5, 0.6) is 0 Å². The maximum Gasteiger partial charge on any atom is 0.270 e. The lowest BCUT2D eigenvalue weighted by molar-refractivity contribution is 0.0746. The third kappa shape index (κ3) is 3.46. The number of hydrogen-bond donors (Lipinski definition) is 1. The van der Waals surface area contributed by atoms with E-state index >= 15 is 0 Å². The van der Waals surface area contributed by atoms with Gasteiger partial charge in [-0.15, -0.1) is 0 Å². The number of aromatic amines is 1. The quantitative estimate of drug-likeness (QED) is 0.835. The number of rotatable bonds is 5. The van der Waals surface area contributed by atoms with Crippen molar-refractivity contribution in [3.8, 4) is 6.07 Å². The number of halogens is 1. The number of amides is 1. The molecule has 1 aromatic heterocycles. The highest BCUT2D eigenvalue weighted by Gasteiger charge is 2.27. The molecule has 0 aliphatic heterocycles. The van der Waals surface area contributed by atoms with Gasteiger partial charge in [-0.1, -0.05) is 0 Å². The molecule has 0 aromatic carbocycles. The zero-order chi connectivity index (χ0) is 12.3. The van der Waals surface area contributed by atoms with Crippen LogP contribution in [0.4, 0.5) is 0 Å². The van der Waals surface area contributed by atoms with Crippen LogP contribution < -0.4 is 0 Å². The van der Waals surface area contributed by atoms with Crippen molar-refractivity contribution in [2.24, 2.45) is 5.92 Å². The van der Waals surface area contributed by atoms with E-state index in [-0.39, 0.29) is 5.91 Å². The molecule has 4 nitrogen and oxygen atoms in total.